The number of carboxylic acids is 1. The van der Waals surface area contributed by atoms with Crippen molar-refractivity contribution in [1.29, 1.82) is 0 Å². The van der Waals surface area contributed by atoms with Gasteiger partial charge in [0.15, 0.2) is 0 Å². The molecule has 0 bridgehead atoms. The zero-order valence-corrected chi connectivity index (χ0v) is 19.8. The zero-order chi connectivity index (χ0) is 24.8. The highest BCUT2D eigenvalue weighted by atomic mass is 16.4. The highest BCUT2D eigenvalue weighted by molar-refractivity contribution is 6.20. The van der Waals surface area contributed by atoms with Crippen LogP contribution in [0.4, 0.5) is 5.69 Å². The van der Waals surface area contributed by atoms with E-state index in [0.29, 0.717) is 17.8 Å². The summed E-state index contributed by atoms with van der Waals surface area (Å²) in [5, 5.41) is 12.5. The summed E-state index contributed by atoms with van der Waals surface area (Å²) in [6.45, 7) is 7.50. The maximum absolute atomic E-state index is 13.4. The number of anilines is 1. The van der Waals surface area contributed by atoms with Crippen LogP contribution in [0.2, 0.25) is 0 Å². The lowest BCUT2D eigenvalue weighted by molar-refractivity contribution is -0.147. The van der Waals surface area contributed by atoms with E-state index in [4.69, 9.17) is 4.99 Å². The summed E-state index contributed by atoms with van der Waals surface area (Å²) in [6, 6.07) is 16.9. The number of carbonyl (C=O) groups excluding carboxylic acids is 2. The fourth-order valence-electron chi connectivity index (χ4n) is 4.26. The van der Waals surface area contributed by atoms with Gasteiger partial charge in [0.05, 0.1) is 23.2 Å². The first-order chi connectivity index (χ1) is 16.2. The van der Waals surface area contributed by atoms with Gasteiger partial charge >= 0.3 is 5.97 Å². The molecule has 1 aliphatic heterocycles. The first-order valence-corrected chi connectivity index (χ1v) is 11.4. The van der Waals surface area contributed by atoms with Crippen molar-refractivity contribution in [3.05, 3.63) is 78.4 Å². The van der Waals surface area contributed by atoms with Crippen LogP contribution in [0.1, 0.15) is 37.8 Å². The predicted molar refractivity (Wildman–Crippen MR) is 133 cm³/mol. The van der Waals surface area contributed by atoms with Crippen molar-refractivity contribution in [2.45, 2.75) is 32.9 Å². The molecule has 0 spiro atoms. The molecule has 2 unspecified atom stereocenters. The van der Waals surface area contributed by atoms with Crippen molar-refractivity contribution < 1.29 is 19.5 Å². The van der Waals surface area contributed by atoms with E-state index < -0.39 is 35.8 Å². The SMILES string of the molecule is C=CC[C@H](C(=O)O)C(CC(C)C)C(=O)NC1N=C(c2ccccc2)c2ccccc2N(C)C1=O. The monoisotopic (exact) mass is 461 g/mol. The highest BCUT2D eigenvalue weighted by Gasteiger charge is 2.37. The molecule has 2 N–H and O–H groups in total. The molecule has 0 fully saturated rings. The second-order valence-electron chi connectivity index (χ2n) is 8.87. The van der Waals surface area contributed by atoms with E-state index in [-0.39, 0.29) is 12.3 Å². The number of fused-ring (bicyclic) bond motifs is 1. The second-order valence-corrected chi connectivity index (χ2v) is 8.87. The number of hydrogen-bond donors (Lipinski definition) is 2. The standard InChI is InChI=1S/C27H31N3O4/c1-5-11-19(27(33)34)21(16-17(2)3)25(31)29-24-26(32)30(4)22-15-10-9-14-20(22)23(28-24)18-12-7-6-8-13-18/h5-10,12-15,17,19,21,24H,1,11,16H2,2-4H3,(H,29,31)(H,33,34)/t19-,21?,24?/m0/s1. The fraction of sp³-hybridized carbons (Fsp3) is 0.333. The maximum atomic E-state index is 13.4. The number of rotatable bonds is 9. The highest BCUT2D eigenvalue weighted by Crippen LogP contribution is 2.28. The van der Waals surface area contributed by atoms with E-state index in [2.05, 4.69) is 11.9 Å². The molecule has 34 heavy (non-hydrogen) atoms. The summed E-state index contributed by atoms with van der Waals surface area (Å²) in [5.74, 6) is -3.64. The Morgan fingerprint density at radius 2 is 1.76 bits per heavy atom. The average molecular weight is 462 g/mol. The third-order valence-corrected chi connectivity index (χ3v) is 5.96. The van der Waals surface area contributed by atoms with Gasteiger partial charge in [-0.05, 0) is 24.8 Å². The van der Waals surface area contributed by atoms with Gasteiger partial charge in [-0.25, -0.2) is 4.99 Å². The number of benzene rings is 2. The van der Waals surface area contributed by atoms with Crippen molar-refractivity contribution in [3.8, 4) is 0 Å². The van der Waals surface area contributed by atoms with Crippen molar-refractivity contribution >= 4 is 29.2 Å². The normalized spacial score (nSPS) is 17.3. The molecule has 2 aromatic rings. The Kier molecular flexibility index (Phi) is 7.99. The van der Waals surface area contributed by atoms with E-state index in [1.807, 2.05) is 68.4 Å². The third kappa shape index (κ3) is 5.42. The maximum Gasteiger partial charge on any atom is 0.307 e. The smallest absolute Gasteiger partial charge is 0.307 e. The number of nitrogens with zero attached hydrogens (tertiary/aromatic N) is 2. The predicted octanol–water partition coefficient (Wildman–Crippen LogP) is 3.88. The van der Waals surface area contributed by atoms with E-state index in [1.54, 1.807) is 7.05 Å². The summed E-state index contributed by atoms with van der Waals surface area (Å²) < 4.78 is 0. The molecule has 3 rings (SSSR count). The third-order valence-electron chi connectivity index (χ3n) is 5.96. The number of para-hydroxylation sites is 1. The van der Waals surface area contributed by atoms with Gasteiger partial charge < -0.3 is 15.3 Å². The number of likely N-dealkylation sites (N-methyl/N-ethyl adjacent to an activating group) is 1. The Labute approximate surface area is 200 Å². The zero-order valence-electron chi connectivity index (χ0n) is 19.8. The molecule has 178 valence electrons. The molecule has 1 aliphatic rings. The Hall–Kier alpha value is -3.74. The molecule has 2 aromatic carbocycles. The minimum Gasteiger partial charge on any atom is -0.481 e. The molecule has 0 aliphatic carbocycles. The number of amides is 2. The summed E-state index contributed by atoms with van der Waals surface area (Å²) in [4.78, 5) is 44.9. The van der Waals surface area contributed by atoms with E-state index in [9.17, 15) is 19.5 Å². The van der Waals surface area contributed by atoms with Crippen LogP contribution < -0.4 is 10.2 Å². The molecule has 7 heteroatoms. The summed E-state index contributed by atoms with van der Waals surface area (Å²) in [7, 11) is 1.65. The number of carbonyl (C=O) groups is 3. The van der Waals surface area contributed by atoms with Gasteiger partial charge in [0.1, 0.15) is 0 Å². The van der Waals surface area contributed by atoms with Crippen molar-refractivity contribution in [1.82, 2.24) is 5.32 Å². The van der Waals surface area contributed by atoms with Crippen LogP contribution in [0, 0.1) is 17.8 Å². The largest absolute Gasteiger partial charge is 0.481 e. The lowest BCUT2D eigenvalue weighted by Crippen LogP contribution is -2.49. The second kappa shape index (κ2) is 10.9. The summed E-state index contributed by atoms with van der Waals surface area (Å²) in [5.41, 5.74) is 2.85. The van der Waals surface area contributed by atoms with Gasteiger partial charge in [0, 0.05) is 18.2 Å². The van der Waals surface area contributed by atoms with Crippen LogP contribution in [-0.4, -0.2) is 41.8 Å². The Bertz CT molecular complexity index is 1090. The lowest BCUT2D eigenvalue weighted by atomic mass is 9.82. The van der Waals surface area contributed by atoms with Gasteiger partial charge in [0.2, 0.25) is 12.1 Å². The first-order valence-electron chi connectivity index (χ1n) is 11.4. The lowest BCUT2D eigenvalue weighted by Gasteiger charge is -2.26. The molecule has 0 saturated heterocycles. The number of allylic oxidation sites excluding steroid dienone is 1. The molecule has 0 saturated carbocycles. The average Bonchev–Trinajstić information content (AvgIpc) is 2.92. The van der Waals surface area contributed by atoms with Crippen molar-refractivity contribution in [3.63, 3.8) is 0 Å². The fourth-order valence-corrected chi connectivity index (χ4v) is 4.26. The van der Waals surface area contributed by atoms with Crippen LogP contribution in [0.3, 0.4) is 0 Å². The molecular weight excluding hydrogens is 430 g/mol. The molecule has 2 amide bonds. The molecule has 1 heterocycles. The van der Waals surface area contributed by atoms with E-state index in [1.165, 1.54) is 11.0 Å². The van der Waals surface area contributed by atoms with Crippen LogP contribution >= 0.6 is 0 Å². The molecule has 3 atom stereocenters. The number of nitrogens with one attached hydrogen (secondary N) is 1. The Balaban J connectivity index is 2.03. The Morgan fingerprint density at radius 3 is 2.38 bits per heavy atom. The topological polar surface area (TPSA) is 99.1 Å². The van der Waals surface area contributed by atoms with Crippen molar-refractivity contribution in [2.24, 2.45) is 22.7 Å². The number of benzodiazepines with no additional fused rings is 1. The van der Waals surface area contributed by atoms with Crippen LogP contribution in [0.15, 0.2) is 72.2 Å². The quantitative estimate of drug-likeness (QED) is 0.554. The van der Waals surface area contributed by atoms with Gasteiger partial charge in [-0.1, -0.05) is 68.5 Å². The molecule has 7 nitrogen and oxygen atoms in total. The number of aliphatic carboxylic acids is 1. The van der Waals surface area contributed by atoms with Gasteiger partial charge in [0.25, 0.3) is 5.91 Å². The van der Waals surface area contributed by atoms with Crippen molar-refractivity contribution in [2.75, 3.05) is 11.9 Å². The number of hydrogen-bond acceptors (Lipinski definition) is 4. The first kappa shape index (κ1) is 24.9. The van der Waals surface area contributed by atoms with Gasteiger partial charge in [-0.15, -0.1) is 6.58 Å². The molecular formula is C27H31N3O4. The summed E-state index contributed by atoms with van der Waals surface area (Å²) >= 11 is 0. The Morgan fingerprint density at radius 1 is 1.12 bits per heavy atom. The van der Waals surface area contributed by atoms with Crippen LogP contribution in [0.25, 0.3) is 0 Å². The number of aliphatic imine (C=N–C) groups is 1. The van der Waals surface area contributed by atoms with E-state index >= 15 is 0 Å². The minimum atomic E-state index is -1.19. The number of carboxylic acid groups (broad SMARTS) is 1. The van der Waals surface area contributed by atoms with Crippen LogP contribution in [0.5, 0.6) is 0 Å². The van der Waals surface area contributed by atoms with Crippen LogP contribution in [-0.2, 0) is 14.4 Å². The van der Waals surface area contributed by atoms with E-state index in [0.717, 1.165) is 11.1 Å². The minimum absolute atomic E-state index is 0.0857. The molecule has 0 radical (unpaired) electrons. The van der Waals surface area contributed by atoms with Gasteiger partial charge in [-0.3, -0.25) is 14.4 Å². The molecule has 0 aromatic heterocycles. The van der Waals surface area contributed by atoms with Gasteiger partial charge in [-0.2, -0.15) is 0 Å². The summed E-state index contributed by atoms with van der Waals surface area (Å²) in [6.07, 6.45) is 0.838.